The van der Waals surface area contributed by atoms with Crippen LogP contribution in [-0.2, 0) is 21.3 Å². The Morgan fingerprint density at radius 1 is 1.22 bits per heavy atom. The predicted octanol–water partition coefficient (Wildman–Crippen LogP) is 2.90. The van der Waals surface area contributed by atoms with Crippen LogP contribution in [0.2, 0.25) is 0 Å². The molecule has 0 aliphatic carbocycles. The first-order chi connectivity index (χ1) is 12.5. The number of piperidine rings is 1. The van der Waals surface area contributed by atoms with Gasteiger partial charge in [-0.15, -0.1) is 23.7 Å². The van der Waals surface area contributed by atoms with E-state index < -0.39 is 16.0 Å². The van der Waals surface area contributed by atoms with Gasteiger partial charge in [0.2, 0.25) is 10.0 Å². The van der Waals surface area contributed by atoms with Crippen molar-refractivity contribution in [3.05, 3.63) is 52.2 Å². The number of ether oxygens (including phenoxy) is 1. The van der Waals surface area contributed by atoms with Crippen molar-refractivity contribution in [3.8, 4) is 0 Å². The molecule has 9 heteroatoms. The molecule has 0 bridgehead atoms. The summed E-state index contributed by atoms with van der Waals surface area (Å²) in [4.78, 5) is 14.2. The van der Waals surface area contributed by atoms with Gasteiger partial charge in [0, 0.05) is 25.7 Å². The third-order valence-electron chi connectivity index (χ3n) is 4.45. The molecule has 148 valence electrons. The van der Waals surface area contributed by atoms with Gasteiger partial charge in [-0.1, -0.05) is 30.3 Å². The summed E-state index contributed by atoms with van der Waals surface area (Å²) in [6, 6.07) is 11.6. The van der Waals surface area contributed by atoms with Crippen molar-refractivity contribution in [1.82, 2.24) is 9.62 Å². The topological polar surface area (TPSA) is 75.7 Å². The molecule has 0 spiro atoms. The lowest BCUT2D eigenvalue weighted by Gasteiger charge is -2.32. The summed E-state index contributed by atoms with van der Waals surface area (Å²) in [5.41, 5.74) is 1.26. The average molecular weight is 431 g/mol. The highest BCUT2D eigenvalue weighted by Gasteiger charge is 2.29. The van der Waals surface area contributed by atoms with E-state index in [4.69, 9.17) is 0 Å². The molecule has 6 nitrogen and oxygen atoms in total. The molecule has 0 unspecified atom stereocenters. The summed E-state index contributed by atoms with van der Waals surface area (Å²) >= 11 is 1.07. The minimum atomic E-state index is -3.74. The first-order valence-electron chi connectivity index (χ1n) is 8.44. The smallest absolute Gasteiger partial charge is 0.349 e. The number of nitrogens with one attached hydrogen (secondary N) is 1. The summed E-state index contributed by atoms with van der Waals surface area (Å²) in [5, 5.41) is 1.59. The number of sulfonamides is 1. The molecular weight excluding hydrogens is 408 g/mol. The number of likely N-dealkylation sites (tertiary alicyclic amines) is 1. The Bertz CT molecular complexity index is 847. The second-order valence-electron chi connectivity index (χ2n) is 6.26. The minimum Gasteiger partial charge on any atom is -0.465 e. The van der Waals surface area contributed by atoms with Crippen LogP contribution in [0.3, 0.4) is 0 Å². The van der Waals surface area contributed by atoms with Crippen LogP contribution in [-0.4, -0.2) is 45.5 Å². The summed E-state index contributed by atoms with van der Waals surface area (Å²) in [6.07, 6.45) is 1.48. The predicted molar refractivity (Wildman–Crippen MR) is 108 cm³/mol. The SMILES string of the molecule is COC(=O)c1sccc1S(=O)(=O)NC1CCN(Cc2ccccc2)CC1.Cl. The largest absolute Gasteiger partial charge is 0.465 e. The first kappa shape index (κ1) is 21.8. The third kappa shape index (κ3) is 5.52. The summed E-state index contributed by atoms with van der Waals surface area (Å²) in [7, 11) is -2.49. The Morgan fingerprint density at radius 2 is 1.89 bits per heavy atom. The zero-order valence-corrected chi connectivity index (χ0v) is 17.4. The second kappa shape index (κ2) is 9.66. The normalized spacial score (nSPS) is 15.9. The molecule has 1 aromatic carbocycles. The number of hydrogen-bond acceptors (Lipinski definition) is 6. The van der Waals surface area contributed by atoms with E-state index in [9.17, 15) is 13.2 Å². The lowest BCUT2D eigenvalue weighted by Crippen LogP contribution is -2.44. The van der Waals surface area contributed by atoms with Crippen LogP contribution in [0.1, 0.15) is 28.1 Å². The quantitative estimate of drug-likeness (QED) is 0.713. The number of hydrogen-bond donors (Lipinski definition) is 1. The van der Waals surface area contributed by atoms with Crippen LogP contribution in [0.25, 0.3) is 0 Å². The van der Waals surface area contributed by atoms with Gasteiger partial charge in [0.15, 0.2) is 0 Å². The highest BCUT2D eigenvalue weighted by atomic mass is 35.5. The van der Waals surface area contributed by atoms with Gasteiger partial charge in [0.1, 0.15) is 9.77 Å². The third-order valence-corrected chi connectivity index (χ3v) is 7.03. The molecule has 1 aliphatic heterocycles. The van der Waals surface area contributed by atoms with E-state index >= 15 is 0 Å². The number of carbonyl (C=O) groups is 1. The Labute approximate surface area is 170 Å². The van der Waals surface area contributed by atoms with Crippen LogP contribution in [0.4, 0.5) is 0 Å². The Balaban J connectivity index is 0.00000261. The van der Waals surface area contributed by atoms with Crippen molar-refractivity contribution in [2.45, 2.75) is 30.3 Å². The number of carbonyl (C=O) groups excluding carboxylic acids is 1. The van der Waals surface area contributed by atoms with Gasteiger partial charge in [-0.05, 0) is 29.9 Å². The molecule has 1 saturated heterocycles. The zero-order valence-electron chi connectivity index (χ0n) is 15.0. The number of nitrogens with zero attached hydrogens (tertiary/aromatic N) is 1. The van der Waals surface area contributed by atoms with Crippen LogP contribution in [0.15, 0.2) is 46.7 Å². The molecule has 0 atom stereocenters. The van der Waals surface area contributed by atoms with E-state index in [1.807, 2.05) is 18.2 Å². The maximum atomic E-state index is 12.6. The maximum Gasteiger partial charge on any atom is 0.349 e. The van der Waals surface area contributed by atoms with Crippen molar-refractivity contribution in [3.63, 3.8) is 0 Å². The van der Waals surface area contributed by atoms with Gasteiger partial charge >= 0.3 is 5.97 Å². The lowest BCUT2D eigenvalue weighted by molar-refractivity contribution is 0.0602. The molecule has 0 amide bonds. The number of rotatable bonds is 6. The molecule has 1 aromatic heterocycles. The Morgan fingerprint density at radius 3 is 2.52 bits per heavy atom. The van der Waals surface area contributed by atoms with Crippen LogP contribution >= 0.6 is 23.7 Å². The van der Waals surface area contributed by atoms with Crippen molar-refractivity contribution < 1.29 is 17.9 Å². The van der Waals surface area contributed by atoms with Crippen molar-refractivity contribution in [2.75, 3.05) is 20.2 Å². The molecule has 1 N–H and O–H groups in total. The summed E-state index contributed by atoms with van der Waals surface area (Å²) in [5.74, 6) is -0.627. The van der Waals surface area contributed by atoms with Gasteiger partial charge < -0.3 is 4.74 Å². The van der Waals surface area contributed by atoms with E-state index in [0.29, 0.717) is 0 Å². The standard InChI is InChI=1S/C18H22N2O4S2.ClH/c1-24-18(21)17-16(9-12-25-17)26(22,23)19-15-7-10-20(11-8-15)13-14-5-3-2-4-6-14;/h2-6,9,12,15,19H,7-8,10-11,13H2,1H3;1H. The van der Waals surface area contributed by atoms with Gasteiger partial charge in [-0.25, -0.2) is 17.9 Å². The van der Waals surface area contributed by atoms with Gasteiger partial charge in [-0.3, -0.25) is 4.90 Å². The fourth-order valence-electron chi connectivity index (χ4n) is 3.08. The molecule has 0 saturated carbocycles. The van der Waals surface area contributed by atoms with E-state index in [1.165, 1.54) is 18.7 Å². The van der Waals surface area contributed by atoms with E-state index in [2.05, 4.69) is 26.5 Å². The van der Waals surface area contributed by atoms with Gasteiger partial charge in [-0.2, -0.15) is 0 Å². The van der Waals surface area contributed by atoms with Crippen LogP contribution in [0.5, 0.6) is 0 Å². The highest BCUT2D eigenvalue weighted by molar-refractivity contribution is 7.89. The minimum absolute atomic E-state index is 0. The molecule has 2 aromatic rings. The molecule has 2 heterocycles. The maximum absolute atomic E-state index is 12.6. The second-order valence-corrected chi connectivity index (χ2v) is 8.86. The fourth-order valence-corrected chi connectivity index (χ4v) is 5.72. The monoisotopic (exact) mass is 430 g/mol. The van der Waals surface area contributed by atoms with E-state index in [1.54, 1.807) is 5.38 Å². The van der Waals surface area contributed by atoms with Crippen molar-refractivity contribution in [2.24, 2.45) is 0 Å². The Kier molecular flexibility index (Phi) is 7.81. The number of esters is 1. The van der Waals surface area contributed by atoms with Crippen molar-refractivity contribution >= 4 is 39.7 Å². The molecular formula is C18H23ClN2O4S2. The highest BCUT2D eigenvalue weighted by Crippen LogP contribution is 2.24. The van der Waals surface area contributed by atoms with E-state index in [0.717, 1.165) is 43.8 Å². The number of thiophene rings is 1. The van der Waals surface area contributed by atoms with Gasteiger partial charge in [0.05, 0.1) is 7.11 Å². The first-order valence-corrected chi connectivity index (χ1v) is 10.8. The number of benzene rings is 1. The Hall–Kier alpha value is -1.45. The van der Waals surface area contributed by atoms with Crippen LogP contribution < -0.4 is 4.72 Å². The fraction of sp³-hybridized carbons (Fsp3) is 0.389. The molecule has 0 radical (unpaired) electrons. The molecule has 1 aliphatic rings. The lowest BCUT2D eigenvalue weighted by atomic mass is 10.1. The van der Waals surface area contributed by atoms with Crippen molar-refractivity contribution in [1.29, 1.82) is 0 Å². The van der Waals surface area contributed by atoms with E-state index in [-0.39, 0.29) is 28.2 Å². The summed E-state index contributed by atoms with van der Waals surface area (Å²) in [6.45, 7) is 2.53. The molecule has 3 rings (SSSR count). The average Bonchev–Trinajstić information content (AvgIpc) is 3.14. The van der Waals surface area contributed by atoms with Gasteiger partial charge in [0.25, 0.3) is 0 Å². The zero-order chi connectivity index (χ0) is 18.6. The number of halogens is 1. The molecule has 1 fully saturated rings. The molecule has 27 heavy (non-hydrogen) atoms. The summed E-state index contributed by atoms with van der Waals surface area (Å²) < 4.78 is 32.7. The van der Waals surface area contributed by atoms with Crippen LogP contribution in [0, 0.1) is 0 Å². The number of methoxy groups -OCH3 is 1.